The second kappa shape index (κ2) is 6.26. The van der Waals surface area contributed by atoms with Gasteiger partial charge in [0.25, 0.3) is 0 Å². The van der Waals surface area contributed by atoms with Crippen LogP contribution in [0.2, 0.25) is 0 Å². The number of hydrogen-bond acceptors (Lipinski definition) is 3. The molecule has 21 heavy (non-hydrogen) atoms. The fraction of sp³-hybridized carbons (Fsp3) is 0.944. The molecule has 0 radical (unpaired) electrons. The fourth-order valence-electron chi connectivity index (χ4n) is 4.79. The summed E-state index contributed by atoms with van der Waals surface area (Å²) in [5.41, 5.74) is -0.298. The van der Waals surface area contributed by atoms with Crippen molar-refractivity contribution in [3.05, 3.63) is 0 Å². The lowest BCUT2D eigenvalue weighted by Gasteiger charge is -2.47. The molecule has 3 atom stereocenters. The highest BCUT2D eigenvalue weighted by Crippen LogP contribution is 2.42. The molecule has 0 spiro atoms. The number of piperidine rings is 1. The molecule has 118 valence electrons. The van der Waals surface area contributed by atoms with Crippen molar-refractivity contribution in [2.24, 2.45) is 11.8 Å². The minimum atomic E-state index is -0.298. The number of nitrogens with zero attached hydrogens (tertiary/aromatic N) is 2. The van der Waals surface area contributed by atoms with E-state index >= 15 is 0 Å². The Bertz CT molecular complexity index is 394. The normalized spacial score (nSPS) is 33.2. The van der Waals surface area contributed by atoms with E-state index in [0.29, 0.717) is 12.0 Å². The zero-order valence-corrected chi connectivity index (χ0v) is 13.8. The van der Waals surface area contributed by atoms with Crippen LogP contribution in [-0.4, -0.2) is 35.6 Å². The van der Waals surface area contributed by atoms with Gasteiger partial charge in [0.2, 0.25) is 0 Å². The molecule has 3 nitrogen and oxygen atoms in total. The second-order valence-electron chi connectivity index (χ2n) is 7.88. The van der Waals surface area contributed by atoms with E-state index in [0.717, 1.165) is 18.5 Å². The van der Waals surface area contributed by atoms with Crippen molar-refractivity contribution >= 4 is 0 Å². The molecule has 2 saturated carbocycles. The van der Waals surface area contributed by atoms with E-state index in [9.17, 15) is 5.26 Å². The van der Waals surface area contributed by atoms with Crippen LogP contribution in [0.5, 0.6) is 0 Å². The van der Waals surface area contributed by atoms with E-state index in [-0.39, 0.29) is 5.54 Å². The van der Waals surface area contributed by atoms with Crippen LogP contribution in [0.1, 0.15) is 65.2 Å². The summed E-state index contributed by atoms with van der Waals surface area (Å²) < 4.78 is 0. The topological polar surface area (TPSA) is 39.1 Å². The third-order valence-corrected chi connectivity index (χ3v) is 5.83. The van der Waals surface area contributed by atoms with Gasteiger partial charge in [-0.3, -0.25) is 10.2 Å². The van der Waals surface area contributed by atoms with Crippen LogP contribution in [0.15, 0.2) is 0 Å². The van der Waals surface area contributed by atoms with Gasteiger partial charge < -0.3 is 0 Å². The first kappa shape index (κ1) is 15.3. The Morgan fingerprint density at radius 3 is 2.52 bits per heavy atom. The third kappa shape index (κ3) is 3.27. The van der Waals surface area contributed by atoms with Crippen LogP contribution in [0, 0.1) is 23.2 Å². The van der Waals surface area contributed by atoms with Gasteiger partial charge in [-0.25, -0.2) is 0 Å². The molecule has 3 unspecified atom stereocenters. The van der Waals surface area contributed by atoms with E-state index in [1.165, 1.54) is 57.9 Å². The molecule has 0 aromatic rings. The highest BCUT2D eigenvalue weighted by Gasteiger charge is 2.48. The summed E-state index contributed by atoms with van der Waals surface area (Å²) in [5, 5.41) is 13.6. The SMILES string of the molecule is CC(C)NC(C#N)(CN1CCCC2CCCCC21)C1CC1. The Hall–Kier alpha value is -0.590. The molecule has 3 heteroatoms. The molecule has 1 heterocycles. The molecule has 1 aliphatic heterocycles. The monoisotopic (exact) mass is 289 g/mol. The lowest BCUT2D eigenvalue weighted by atomic mass is 9.77. The van der Waals surface area contributed by atoms with E-state index in [1.54, 1.807) is 0 Å². The molecule has 1 saturated heterocycles. The minimum Gasteiger partial charge on any atom is -0.297 e. The number of fused-ring (bicyclic) bond motifs is 1. The maximum Gasteiger partial charge on any atom is 0.122 e. The molecule has 3 rings (SSSR count). The quantitative estimate of drug-likeness (QED) is 0.844. The van der Waals surface area contributed by atoms with Crippen LogP contribution in [0.4, 0.5) is 0 Å². The second-order valence-corrected chi connectivity index (χ2v) is 7.88. The Labute approximate surface area is 130 Å². The number of nitriles is 1. The maximum absolute atomic E-state index is 9.92. The van der Waals surface area contributed by atoms with Crippen LogP contribution < -0.4 is 5.32 Å². The molecule has 0 amide bonds. The summed E-state index contributed by atoms with van der Waals surface area (Å²) in [6.45, 7) is 6.51. The van der Waals surface area contributed by atoms with Crippen molar-refractivity contribution < 1.29 is 0 Å². The van der Waals surface area contributed by atoms with Gasteiger partial charge in [0.1, 0.15) is 5.54 Å². The smallest absolute Gasteiger partial charge is 0.122 e. The summed E-state index contributed by atoms with van der Waals surface area (Å²) in [4.78, 5) is 2.68. The molecule has 0 aromatic heterocycles. The van der Waals surface area contributed by atoms with Crippen molar-refractivity contribution in [3.8, 4) is 6.07 Å². The average Bonchev–Trinajstić information content (AvgIpc) is 3.31. The Kier molecular flexibility index (Phi) is 4.57. The maximum atomic E-state index is 9.92. The summed E-state index contributed by atoms with van der Waals surface area (Å²) in [6.07, 6.45) is 10.8. The van der Waals surface area contributed by atoms with E-state index in [2.05, 4.69) is 30.1 Å². The molecular weight excluding hydrogens is 258 g/mol. The van der Waals surface area contributed by atoms with Crippen LogP contribution in [0.25, 0.3) is 0 Å². The molecule has 1 N–H and O–H groups in total. The summed E-state index contributed by atoms with van der Waals surface area (Å²) >= 11 is 0. The molecule has 3 fully saturated rings. The summed E-state index contributed by atoms with van der Waals surface area (Å²) in [5.74, 6) is 1.48. The number of likely N-dealkylation sites (tertiary alicyclic amines) is 1. The standard InChI is InChI=1S/C18H31N3/c1-14(2)20-18(12-19,16-9-10-16)13-21-11-5-7-15-6-3-4-8-17(15)21/h14-17,20H,3-11,13H2,1-2H3. The van der Waals surface area contributed by atoms with Crippen molar-refractivity contribution in [1.29, 1.82) is 5.26 Å². The van der Waals surface area contributed by atoms with Crippen molar-refractivity contribution in [3.63, 3.8) is 0 Å². The summed E-state index contributed by atoms with van der Waals surface area (Å²) in [6, 6.07) is 3.84. The van der Waals surface area contributed by atoms with E-state index in [4.69, 9.17) is 0 Å². The first-order valence-corrected chi connectivity index (χ1v) is 9.07. The third-order valence-electron chi connectivity index (χ3n) is 5.83. The van der Waals surface area contributed by atoms with Gasteiger partial charge in [-0.05, 0) is 70.8 Å². The lowest BCUT2D eigenvalue weighted by molar-refractivity contribution is 0.0396. The largest absolute Gasteiger partial charge is 0.297 e. The van der Waals surface area contributed by atoms with Crippen molar-refractivity contribution in [2.75, 3.05) is 13.1 Å². The zero-order chi connectivity index (χ0) is 14.9. The minimum absolute atomic E-state index is 0.298. The predicted molar refractivity (Wildman–Crippen MR) is 85.9 cm³/mol. The van der Waals surface area contributed by atoms with E-state index in [1.807, 2.05) is 0 Å². The molecule has 2 aliphatic carbocycles. The van der Waals surface area contributed by atoms with Crippen molar-refractivity contribution in [1.82, 2.24) is 10.2 Å². The van der Waals surface area contributed by atoms with Gasteiger partial charge >= 0.3 is 0 Å². The van der Waals surface area contributed by atoms with Gasteiger partial charge in [-0.1, -0.05) is 12.8 Å². The van der Waals surface area contributed by atoms with Crippen molar-refractivity contribution in [2.45, 2.75) is 82.8 Å². The Morgan fingerprint density at radius 2 is 1.86 bits per heavy atom. The van der Waals surface area contributed by atoms with E-state index < -0.39 is 0 Å². The molecule has 3 aliphatic rings. The first-order chi connectivity index (χ1) is 10.1. The summed E-state index contributed by atoms with van der Waals surface area (Å²) in [7, 11) is 0. The molecule has 0 aromatic carbocycles. The van der Waals surface area contributed by atoms with Gasteiger partial charge in [0.05, 0.1) is 6.07 Å². The Balaban J connectivity index is 1.73. The highest BCUT2D eigenvalue weighted by molar-refractivity contribution is 5.17. The Morgan fingerprint density at radius 1 is 1.14 bits per heavy atom. The van der Waals surface area contributed by atoms with Gasteiger partial charge in [0, 0.05) is 18.6 Å². The number of hydrogen-bond donors (Lipinski definition) is 1. The highest BCUT2D eigenvalue weighted by atomic mass is 15.2. The predicted octanol–water partition coefficient (Wildman–Crippen LogP) is 3.31. The van der Waals surface area contributed by atoms with Gasteiger partial charge in [-0.15, -0.1) is 0 Å². The van der Waals surface area contributed by atoms with Crippen LogP contribution in [0.3, 0.4) is 0 Å². The fourth-order valence-corrected chi connectivity index (χ4v) is 4.79. The lowest BCUT2D eigenvalue weighted by Crippen LogP contribution is -2.60. The number of rotatable bonds is 5. The zero-order valence-electron chi connectivity index (χ0n) is 13.8. The van der Waals surface area contributed by atoms with Gasteiger partial charge in [0.15, 0.2) is 0 Å². The van der Waals surface area contributed by atoms with Crippen LogP contribution >= 0.6 is 0 Å². The van der Waals surface area contributed by atoms with Gasteiger partial charge in [-0.2, -0.15) is 5.26 Å². The number of nitrogens with one attached hydrogen (secondary N) is 1. The molecule has 0 bridgehead atoms. The first-order valence-electron chi connectivity index (χ1n) is 9.07. The van der Waals surface area contributed by atoms with Crippen LogP contribution in [-0.2, 0) is 0 Å². The average molecular weight is 289 g/mol. The molecular formula is C18H31N3.